The lowest BCUT2D eigenvalue weighted by atomic mass is 10.0. The summed E-state index contributed by atoms with van der Waals surface area (Å²) in [6.45, 7) is 0. The van der Waals surface area contributed by atoms with Gasteiger partial charge in [-0.2, -0.15) is 5.10 Å². The third-order valence-electron chi connectivity index (χ3n) is 4.41. The number of halogens is 1. The number of aromatic nitrogens is 3. The molecule has 2 heterocycles. The van der Waals surface area contributed by atoms with Gasteiger partial charge in [-0.1, -0.05) is 24.3 Å². The lowest BCUT2D eigenvalue weighted by Gasteiger charge is -2.09. The first-order valence-electron chi connectivity index (χ1n) is 8.30. The van der Waals surface area contributed by atoms with Crippen LogP contribution in [0.3, 0.4) is 0 Å². The van der Waals surface area contributed by atoms with Gasteiger partial charge in [-0.3, -0.25) is 4.79 Å². The predicted octanol–water partition coefficient (Wildman–Crippen LogP) is 2.88. The minimum Gasteiger partial charge on any atom is -0.396 e. The number of nitrogen functional groups attached to an aromatic ring is 2. The molecule has 0 bridgehead atoms. The highest BCUT2D eigenvalue weighted by Gasteiger charge is 2.12. The number of rotatable bonds is 3. The highest BCUT2D eigenvalue weighted by Crippen LogP contribution is 2.26. The molecule has 0 radical (unpaired) electrons. The van der Waals surface area contributed by atoms with Crippen molar-refractivity contribution in [3.05, 3.63) is 82.0 Å². The second kappa shape index (κ2) is 6.53. The fraction of sp³-hybridized carbons (Fsp3) is 0.0500. The van der Waals surface area contributed by atoms with E-state index in [9.17, 15) is 9.18 Å². The smallest absolute Gasteiger partial charge is 0.272 e. The SMILES string of the molecule is Nc1ccc(-c2cc(Cc3n[nH]c(=O)c4ccccc34)ccc2F)nc1N. The second-order valence-corrected chi connectivity index (χ2v) is 6.21. The van der Waals surface area contributed by atoms with Gasteiger partial charge in [0.15, 0.2) is 0 Å². The van der Waals surface area contributed by atoms with E-state index in [2.05, 4.69) is 15.2 Å². The first-order valence-corrected chi connectivity index (χ1v) is 8.30. The van der Waals surface area contributed by atoms with Gasteiger partial charge in [-0.05, 0) is 35.9 Å². The molecule has 7 heteroatoms. The number of anilines is 2. The zero-order valence-corrected chi connectivity index (χ0v) is 14.2. The third kappa shape index (κ3) is 3.10. The average molecular weight is 361 g/mol. The Bertz CT molecular complexity index is 1220. The van der Waals surface area contributed by atoms with Crippen LogP contribution in [0.15, 0.2) is 59.4 Å². The number of aromatic amines is 1. The fourth-order valence-electron chi connectivity index (χ4n) is 3.01. The Kier molecular flexibility index (Phi) is 4.04. The Morgan fingerprint density at radius 2 is 1.78 bits per heavy atom. The Balaban J connectivity index is 1.77. The molecular weight excluding hydrogens is 345 g/mol. The van der Waals surface area contributed by atoms with Crippen molar-refractivity contribution in [1.29, 1.82) is 0 Å². The van der Waals surface area contributed by atoms with Gasteiger partial charge >= 0.3 is 0 Å². The molecule has 6 nitrogen and oxygen atoms in total. The van der Waals surface area contributed by atoms with Gasteiger partial charge in [0.05, 0.1) is 22.5 Å². The number of fused-ring (bicyclic) bond motifs is 1. The van der Waals surface area contributed by atoms with Crippen LogP contribution in [0.25, 0.3) is 22.0 Å². The number of nitrogens with zero attached hydrogens (tertiary/aromatic N) is 2. The number of pyridine rings is 1. The van der Waals surface area contributed by atoms with Crippen molar-refractivity contribution < 1.29 is 4.39 Å². The molecule has 0 spiro atoms. The number of benzene rings is 2. The average Bonchev–Trinajstić information content (AvgIpc) is 2.68. The molecule has 4 aromatic rings. The van der Waals surface area contributed by atoms with Crippen molar-refractivity contribution in [2.75, 3.05) is 11.5 Å². The lowest BCUT2D eigenvalue weighted by Crippen LogP contribution is -2.11. The van der Waals surface area contributed by atoms with Gasteiger partial charge in [0, 0.05) is 17.4 Å². The van der Waals surface area contributed by atoms with Gasteiger partial charge in [-0.15, -0.1) is 0 Å². The molecular formula is C20H16FN5O. The molecule has 0 unspecified atom stereocenters. The molecule has 5 N–H and O–H groups in total. The van der Waals surface area contributed by atoms with Crippen LogP contribution in [0, 0.1) is 5.82 Å². The summed E-state index contributed by atoms with van der Waals surface area (Å²) in [4.78, 5) is 16.1. The number of nitrogens with one attached hydrogen (secondary N) is 1. The Hall–Kier alpha value is -3.74. The summed E-state index contributed by atoms with van der Waals surface area (Å²) in [5.74, 6) is -0.250. The van der Waals surface area contributed by atoms with Crippen LogP contribution in [0.1, 0.15) is 11.3 Å². The number of hydrogen-bond acceptors (Lipinski definition) is 5. The van der Waals surface area contributed by atoms with Crippen LogP contribution in [0.4, 0.5) is 15.9 Å². The molecule has 0 atom stereocenters. The number of nitrogens with two attached hydrogens (primary N) is 2. The monoisotopic (exact) mass is 361 g/mol. The molecule has 2 aromatic heterocycles. The molecule has 0 saturated carbocycles. The minimum absolute atomic E-state index is 0.158. The molecule has 0 aliphatic carbocycles. The molecule has 27 heavy (non-hydrogen) atoms. The minimum atomic E-state index is -0.408. The van der Waals surface area contributed by atoms with Crippen LogP contribution in [-0.2, 0) is 6.42 Å². The molecule has 134 valence electrons. The maximum Gasteiger partial charge on any atom is 0.272 e. The number of hydrogen-bond donors (Lipinski definition) is 3. The van der Waals surface area contributed by atoms with Crippen molar-refractivity contribution in [3.8, 4) is 11.3 Å². The highest BCUT2D eigenvalue weighted by atomic mass is 19.1. The summed E-state index contributed by atoms with van der Waals surface area (Å²) in [6, 6.07) is 15.2. The summed E-state index contributed by atoms with van der Waals surface area (Å²) in [5, 5.41) is 8.01. The second-order valence-electron chi connectivity index (χ2n) is 6.21. The van der Waals surface area contributed by atoms with E-state index in [0.717, 1.165) is 10.9 Å². The summed E-state index contributed by atoms with van der Waals surface area (Å²) in [5.41, 5.74) is 13.8. The van der Waals surface area contributed by atoms with E-state index in [0.29, 0.717) is 34.4 Å². The van der Waals surface area contributed by atoms with Crippen LogP contribution < -0.4 is 17.0 Å². The van der Waals surface area contributed by atoms with Crippen molar-refractivity contribution in [1.82, 2.24) is 15.2 Å². The zero-order valence-electron chi connectivity index (χ0n) is 14.2. The van der Waals surface area contributed by atoms with E-state index in [4.69, 9.17) is 11.5 Å². The van der Waals surface area contributed by atoms with E-state index in [1.54, 1.807) is 36.4 Å². The van der Waals surface area contributed by atoms with E-state index >= 15 is 0 Å². The Morgan fingerprint density at radius 3 is 2.56 bits per heavy atom. The van der Waals surface area contributed by atoms with Gasteiger partial charge in [0.1, 0.15) is 11.6 Å². The van der Waals surface area contributed by atoms with Crippen LogP contribution in [-0.4, -0.2) is 15.2 Å². The molecule has 0 aliphatic rings. The van der Waals surface area contributed by atoms with E-state index in [-0.39, 0.29) is 11.4 Å². The molecule has 0 fully saturated rings. The van der Waals surface area contributed by atoms with Gasteiger partial charge in [0.25, 0.3) is 5.56 Å². The highest BCUT2D eigenvalue weighted by molar-refractivity contribution is 5.83. The lowest BCUT2D eigenvalue weighted by molar-refractivity contribution is 0.630. The number of H-pyrrole nitrogens is 1. The van der Waals surface area contributed by atoms with Gasteiger partial charge in [-0.25, -0.2) is 14.5 Å². The topological polar surface area (TPSA) is 111 Å². The summed E-state index contributed by atoms with van der Waals surface area (Å²) < 4.78 is 14.4. The third-order valence-corrected chi connectivity index (χ3v) is 4.41. The van der Waals surface area contributed by atoms with E-state index in [1.165, 1.54) is 6.07 Å². The molecule has 0 amide bonds. The summed E-state index contributed by atoms with van der Waals surface area (Å²) in [6.07, 6.45) is 0.426. The van der Waals surface area contributed by atoms with E-state index in [1.807, 2.05) is 12.1 Å². The van der Waals surface area contributed by atoms with Crippen LogP contribution in [0.5, 0.6) is 0 Å². The normalized spacial score (nSPS) is 11.0. The molecule has 2 aromatic carbocycles. The fourth-order valence-corrected chi connectivity index (χ4v) is 3.01. The largest absolute Gasteiger partial charge is 0.396 e. The summed E-state index contributed by atoms with van der Waals surface area (Å²) in [7, 11) is 0. The predicted molar refractivity (Wildman–Crippen MR) is 104 cm³/mol. The standard InChI is InChI=1S/C20H16FN5O/c21-15-6-5-11(9-14(15)17-8-7-16(22)19(23)24-17)10-18-12-3-1-2-4-13(12)20(27)26-25-18/h1-9H,10,22H2,(H2,23,24)(H,26,27). The zero-order chi connectivity index (χ0) is 19.0. The molecule has 4 rings (SSSR count). The van der Waals surface area contributed by atoms with Gasteiger partial charge in [0.2, 0.25) is 0 Å². The van der Waals surface area contributed by atoms with Crippen molar-refractivity contribution in [3.63, 3.8) is 0 Å². The summed E-state index contributed by atoms with van der Waals surface area (Å²) >= 11 is 0. The maximum absolute atomic E-state index is 14.4. The quantitative estimate of drug-likeness (QED) is 0.520. The Morgan fingerprint density at radius 1 is 1.00 bits per heavy atom. The Labute approximate surface area is 153 Å². The van der Waals surface area contributed by atoms with Crippen LogP contribution in [0.2, 0.25) is 0 Å². The molecule has 0 saturated heterocycles. The maximum atomic E-state index is 14.4. The van der Waals surface area contributed by atoms with E-state index < -0.39 is 5.82 Å². The first-order chi connectivity index (χ1) is 13.0. The van der Waals surface area contributed by atoms with Crippen molar-refractivity contribution in [2.24, 2.45) is 0 Å². The first kappa shape index (κ1) is 16.7. The van der Waals surface area contributed by atoms with Crippen molar-refractivity contribution in [2.45, 2.75) is 6.42 Å². The molecule has 0 aliphatic heterocycles. The van der Waals surface area contributed by atoms with Crippen molar-refractivity contribution >= 4 is 22.3 Å². The van der Waals surface area contributed by atoms with Gasteiger partial charge < -0.3 is 11.5 Å². The van der Waals surface area contributed by atoms with Crippen LogP contribution >= 0.6 is 0 Å².